The molecule has 2 fully saturated rings. The molecule has 2 heterocycles. The number of benzene rings is 1. The van der Waals surface area contributed by atoms with Gasteiger partial charge in [-0.3, -0.25) is 0 Å². The number of aryl methyl sites for hydroxylation is 1. The Bertz CT molecular complexity index is 498. The number of nitrogens with one attached hydrogen (secondary N) is 1. The first kappa shape index (κ1) is 13.8. The van der Waals surface area contributed by atoms with E-state index in [9.17, 15) is 0 Å². The standard InChI is InChI=1S/C20H29N/c1-2-4-8-15-20-16-19(21-20,13-7-3-1)14-9-11-17-10-5-6-12-18(17)20/h5-6,10,12,21H,1-4,7-9,11,13-16H2. The summed E-state index contributed by atoms with van der Waals surface area (Å²) in [6.07, 6.45) is 16.8. The molecule has 1 aromatic carbocycles. The monoisotopic (exact) mass is 283 g/mol. The Hall–Kier alpha value is -0.820. The van der Waals surface area contributed by atoms with Gasteiger partial charge in [0, 0.05) is 11.1 Å². The summed E-state index contributed by atoms with van der Waals surface area (Å²) >= 11 is 0. The number of hydrogen-bond donors (Lipinski definition) is 1. The predicted octanol–water partition coefficient (Wildman–Crippen LogP) is 5.08. The zero-order chi connectivity index (χ0) is 14.2. The lowest BCUT2D eigenvalue weighted by molar-refractivity contribution is 0.00905. The van der Waals surface area contributed by atoms with Gasteiger partial charge in [0.25, 0.3) is 0 Å². The molecule has 1 nitrogen and oxygen atoms in total. The van der Waals surface area contributed by atoms with Gasteiger partial charge in [-0.05, 0) is 49.7 Å². The molecule has 4 aliphatic rings. The molecular weight excluding hydrogens is 254 g/mol. The largest absolute Gasteiger partial charge is 0.302 e. The maximum Gasteiger partial charge on any atom is 0.0459 e. The Labute approximate surface area is 129 Å². The van der Waals surface area contributed by atoms with Crippen LogP contribution in [0.4, 0.5) is 0 Å². The van der Waals surface area contributed by atoms with Crippen LogP contribution < -0.4 is 5.32 Å². The summed E-state index contributed by atoms with van der Waals surface area (Å²) in [6, 6.07) is 9.27. The summed E-state index contributed by atoms with van der Waals surface area (Å²) in [4.78, 5) is 0. The van der Waals surface area contributed by atoms with Crippen molar-refractivity contribution in [1.82, 2.24) is 5.32 Å². The Morgan fingerprint density at radius 3 is 2.29 bits per heavy atom. The van der Waals surface area contributed by atoms with E-state index in [4.69, 9.17) is 0 Å². The van der Waals surface area contributed by atoms with Gasteiger partial charge in [0.1, 0.15) is 0 Å². The molecule has 2 atom stereocenters. The zero-order valence-corrected chi connectivity index (χ0v) is 13.3. The number of rotatable bonds is 0. The molecule has 0 aromatic heterocycles. The highest BCUT2D eigenvalue weighted by Gasteiger charge is 2.54. The minimum atomic E-state index is 0.321. The minimum Gasteiger partial charge on any atom is -0.302 e. The van der Waals surface area contributed by atoms with Crippen molar-refractivity contribution in [2.75, 3.05) is 0 Å². The van der Waals surface area contributed by atoms with E-state index in [2.05, 4.69) is 29.6 Å². The molecule has 2 aliphatic carbocycles. The normalized spacial score (nSPS) is 36.4. The molecule has 21 heavy (non-hydrogen) atoms. The van der Waals surface area contributed by atoms with E-state index in [-0.39, 0.29) is 0 Å². The van der Waals surface area contributed by atoms with Crippen molar-refractivity contribution in [3.8, 4) is 0 Å². The first-order valence-electron chi connectivity index (χ1n) is 9.20. The molecule has 1 saturated heterocycles. The molecular formula is C20H29N. The summed E-state index contributed by atoms with van der Waals surface area (Å²) in [5.41, 5.74) is 4.06. The van der Waals surface area contributed by atoms with Crippen LogP contribution in [0.3, 0.4) is 0 Å². The second-order valence-electron chi connectivity index (χ2n) is 7.80. The molecule has 5 rings (SSSR count). The Morgan fingerprint density at radius 2 is 1.43 bits per heavy atom. The summed E-state index contributed by atoms with van der Waals surface area (Å²) in [7, 11) is 0. The molecule has 2 unspecified atom stereocenters. The van der Waals surface area contributed by atoms with Gasteiger partial charge in [0.2, 0.25) is 0 Å². The Morgan fingerprint density at radius 1 is 0.762 bits per heavy atom. The first-order chi connectivity index (χ1) is 10.3. The Kier molecular flexibility index (Phi) is 3.57. The topological polar surface area (TPSA) is 12.0 Å². The quantitative estimate of drug-likeness (QED) is 0.699. The second-order valence-corrected chi connectivity index (χ2v) is 7.80. The van der Waals surface area contributed by atoms with Gasteiger partial charge in [-0.2, -0.15) is 0 Å². The van der Waals surface area contributed by atoms with Crippen LogP contribution in [-0.2, 0) is 12.0 Å². The lowest BCUT2D eigenvalue weighted by Crippen LogP contribution is -2.70. The third-order valence-corrected chi connectivity index (χ3v) is 6.29. The molecule has 0 radical (unpaired) electrons. The van der Waals surface area contributed by atoms with Crippen molar-refractivity contribution in [3.63, 3.8) is 0 Å². The summed E-state index contributed by atoms with van der Waals surface area (Å²) < 4.78 is 0. The van der Waals surface area contributed by atoms with Crippen LogP contribution in [0.2, 0.25) is 0 Å². The third-order valence-electron chi connectivity index (χ3n) is 6.29. The van der Waals surface area contributed by atoms with Crippen molar-refractivity contribution in [1.29, 1.82) is 0 Å². The van der Waals surface area contributed by atoms with Crippen molar-refractivity contribution in [3.05, 3.63) is 35.4 Å². The smallest absolute Gasteiger partial charge is 0.0459 e. The fourth-order valence-corrected chi connectivity index (χ4v) is 5.36. The van der Waals surface area contributed by atoms with Crippen molar-refractivity contribution >= 4 is 0 Å². The van der Waals surface area contributed by atoms with Gasteiger partial charge in [-0.25, -0.2) is 0 Å². The van der Waals surface area contributed by atoms with Gasteiger partial charge < -0.3 is 5.32 Å². The van der Waals surface area contributed by atoms with Crippen LogP contribution in [0, 0.1) is 0 Å². The average molecular weight is 283 g/mol. The Balaban J connectivity index is 1.69. The highest BCUT2D eigenvalue weighted by atomic mass is 15.1. The van der Waals surface area contributed by atoms with E-state index in [0.717, 1.165) is 0 Å². The fourth-order valence-electron chi connectivity index (χ4n) is 5.36. The van der Waals surface area contributed by atoms with Gasteiger partial charge in [-0.15, -0.1) is 0 Å². The molecule has 2 aliphatic heterocycles. The molecule has 1 aromatic rings. The van der Waals surface area contributed by atoms with E-state index < -0.39 is 0 Å². The van der Waals surface area contributed by atoms with Crippen LogP contribution in [-0.4, -0.2) is 5.54 Å². The summed E-state index contributed by atoms with van der Waals surface area (Å²) in [6.45, 7) is 0. The third kappa shape index (κ3) is 2.44. The van der Waals surface area contributed by atoms with E-state index in [1.54, 1.807) is 11.1 Å². The number of hydrogen-bond acceptors (Lipinski definition) is 1. The highest BCUT2D eigenvalue weighted by Crippen LogP contribution is 2.52. The average Bonchev–Trinajstić information content (AvgIpc) is 2.51. The number of fused-ring (bicyclic) bond motifs is 2. The van der Waals surface area contributed by atoms with Crippen LogP contribution in [0.15, 0.2) is 24.3 Å². The van der Waals surface area contributed by atoms with E-state index in [0.29, 0.717) is 11.1 Å². The lowest BCUT2D eigenvalue weighted by Gasteiger charge is -2.60. The maximum atomic E-state index is 4.16. The van der Waals surface area contributed by atoms with Gasteiger partial charge in [0.15, 0.2) is 0 Å². The molecule has 0 amide bonds. The molecule has 1 N–H and O–H groups in total. The van der Waals surface area contributed by atoms with Gasteiger partial charge >= 0.3 is 0 Å². The van der Waals surface area contributed by atoms with Crippen molar-refractivity contribution < 1.29 is 0 Å². The molecule has 1 saturated carbocycles. The molecule has 1 heteroatoms. The highest BCUT2D eigenvalue weighted by molar-refractivity contribution is 5.39. The molecule has 0 spiro atoms. The van der Waals surface area contributed by atoms with Crippen LogP contribution in [0.1, 0.15) is 81.8 Å². The van der Waals surface area contributed by atoms with Crippen LogP contribution in [0.5, 0.6) is 0 Å². The predicted molar refractivity (Wildman–Crippen MR) is 88.5 cm³/mol. The maximum absolute atomic E-state index is 4.16. The van der Waals surface area contributed by atoms with Crippen molar-refractivity contribution in [2.24, 2.45) is 0 Å². The van der Waals surface area contributed by atoms with Gasteiger partial charge in [-0.1, -0.05) is 62.8 Å². The van der Waals surface area contributed by atoms with Crippen molar-refractivity contribution in [2.45, 2.75) is 88.1 Å². The van der Waals surface area contributed by atoms with Gasteiger partial charge in [0.05, 0.1) is 0 Å². The van der Waals surface area contributed by atoms with E-state index >= 15 is 0 Å². The minimum absolute atomic E-state index is 0.321. The SMILES string of the molecule is c1ccc2c(c1)CCCC13CCCCCCCCC2(C1)N3. The van der Waals surface area contributed by atoms with E-state index in [1.165, 1.54) is 77.0 Å². The summed E-state index contributed by atoms with van der Waals surface area (Å²) in [5, 5.41) is 4.16. The first-order valence-corrected chi connectivity index (χ1v) is 9.20. The van der Waals surface area contributed by atoms with Crippen LogP contribution in [0.25, 0.3) is 0 Å². The lowest BCUT2D eigenvalue weighted by atomic mass is 9.60. The molecule has 2 bridgehead atoms. The summed E-state index contributed by atoms with van der Waals surface area (Å²) in [5.74, 6) is 0. The molecule has 114 valence electrons. The fraction of sp³-hybridized carbons (Fsp3) is 0.700. The zero-order valence-electron chi connectivity index (χ0n) is 13.3. The van der Waals surface area contributed by atoms with E-state index in [1.807, 2.05) is 0 Å². The van der Waals surface area contributed by atoms with Crippen LogP contribution >= 0.6 is 0 Å². The second kappa shape index (κ2) is 5.43.